The van der Waals surface area contributed by atoms with Crippen molar-refractivity contribution in [3.63, 3.8) is 0 Å². The third-order valence-electron chi connectivity index (χ3n) is 2.51. The Morgan fingerprint density at radius 2 is 2.10 bits per heavy atom. The minimum atomic E-state index is -4.38. The molecule has 0 fully saturated rings. The highest BCUT2D eigenvalue weighted by Gasteiger charge is 2.27. The number of hydrogen-bond donors (Lipinski definition) is 2. The zero-order valence-corrected chi connectivity index (χ0v) is 11.6. The number of aromatic nitrogens is 1. The second-order valence-electron chi connectivity index (χ2n) is 5.11. The van der Waals surface area contributed by atoms with Crippen LogP contribution < -0.4 is 10.6 Å². The van der Waals surface area contributed by atoms with E-state index in [0.29, 0.717) is 12.5 Å². The molecule has 1 aromatic rings. The Morgan fingerprint density at radius 3 is 2.70 bits per heavy atom. The zero-order valence-electron chi connectivity index (χ0n) is 11.6. The maximum Gasteiger partial charge on any atom is 0.405 e. The average molecular weight is 291 g/mol. The van der Waals surface area contributed by atoms with Crippen molar-refractivity contribution in [2.75, 3.05) is 13.1 Å². The lowest BCUT2D eigenvalue weighted by molar-refractivity contribution is -0.138. The van der Waals surface area contributed by atoms with Crippen LogP contribution in [0, 0.1) is 5.92 Å². The summed E-state index contributed by atoms with van der Waals surface area (Å²) < 4.78 is 37.4. The van der Waals surface area contributed by atoms with Gasteiger partial charge in [-0.15, -0.1) is 0 Å². The van der Waals surface area contributed by atoms with Crippen LogP contribution in [0.15, 0.2) is 18.5 Å². The molecular formula is C13H20F3N3O. The number of carbonyl (C=O) groups excluding carboxylic acids is 1. The zero-order chi connectivity index (χ0) is 15.2. The van der Waals surface area contributed by atoms with Crippen LogP contribution in [0.3, 0.4) is 0 Å². The molecule has 0 aromatic carbocycles. The molecule has 20 heavy (non-hydrogen) atoms. The smallest absolute Gasteiger partial charge is 0.345 e. The molecule has 0 aliphatic rings. The molecule has 2 N–H and O–H groups in total. The molecule has 1 aromatic heterocycles. The van der Waals surface area contributed by atoms with Crippen LogP contribution in [-0.4, -0.2) is 29.7 Å². The quantitative estimate of drug-likeness (QED) is 0.806. The first kappa shape index (κ1) is 16.6. The van der Waals surface area contributed by atoms with Crippen LogP contribution in [0.1, 0.15) is 19.4 Å². The van der Waals surface area contributed by atoms with Gasteiger partial charge in [0.25, 0.3) is 0 Å². The van der Waals surface area contributed by atoms with Gasteiger partial charge < -0.3 is 15.2 Å². The normalized spacial score (nSPS) is 11.9. The van der Waals surface area contributed by atoms with Crippen LogP contribution in [0.4, 0.5) is 13.2 Å². The standard InChI is InChI=1S/C13H20F3N3O/c1-10(2)5-17-6-11-3-4-19(7-11)8-12(20)18-9-13(14,15)16/h3-4,7,10,17H,5-6,8-9H2,1-2H3,(H,18,20). The highest BCUT2D eigenvalue weighted by Crippen LogP contribution is 2.12. The summed E-state index contributed by atoms with van der Waals surface area (Å²) in [7, 11) is 0. The van der Waals surface area contributed by atoms with Gasteiger partial charge in [-0.05, 0) is 24.1 Å². The lowest BCUT2D eigenvalue weighted by Gasteiger charge is -2.08. The summed E-state index contributed by atoms with van der Waals surface area (Å²) in [6.45, 7) is 4.36. The lowest BCUT2D eigenvalue weighted by atomic mass is 10.2. The van der Waals surface area contributed by atoms with Crippen LogP contribution in [-0.2, 0) is 17.9 Å². The molecule has 0 aliphatic carbocycles. The Hall–Kier alpha value is -1.50. The number of hydrogen-bond acceptors (Lipinski definition) is 2. The highest BCUT2D eigenvalue weighted by molar-refractivity contribution is 5.75. The number of carbonyl (C=O) groups is 1. The summed E-state index contributed by atoms with van der Waals surface area (Å²) in [5, 5.41) is 5.09. The van der Waals surface area contributed by atoms with Crippen LogP contribution in [0.25, 0.3) is 0 Å². The van der Waals surface area contributed by atoms with Gasteiger partial charge in [-0.3, -0.25) is 4.79 Å². The maximum absolute atomic E-state index is 11.9. The van der Waals surface area contributed by atoms with Gasteiger partial charge in [-0.2, -0.15) is 13.2 Å². The Bertz CT molecular complexity index is 427. The second-order valence-corrected chi connectivity index (χ2v) is 5.11. The molecule has 0 aliphatic heterocycles. The Morgan fingerprint density at radius 1 is 1.40 bits per heavy atom. The number of alkyl halides is 3. The third-order valence-corrected chi connectivity index (χ3v) is 2.51. The van der Waals surface area contributed by atoms with Crippen molar-refractivity contribution in [3.8, 4) is 0 Å². The molecule has 0 bridgehead atoms. The van der Waals surface area contributed by atoms with E-state index in [1.165, 1.54) is 0 Å². The summed E-state index contributed by atoms with van der Waals surface area (Å²) in [6, 6.07) is 1.84. The Balaban J connectivity index is 2.34. The SMILES string of the molecule is CC(C)CNCc1ccn(CC(=O)NCC(F)(F)F)c1. The predicted octanol–water partition coefficient (Wildman–Crippen LogP) is 1.91. The van der Waals surface area contributed by atoms with E-state index in [1.807, 2.05) is 11.4 Å². The molecule has 1 amide bonds. The summed E-state index contributed by atoms with van der Waals surface area (Å²) in [6.07, 6.45) is -0.946. The van der Waals surface area contributed by atoms with E-state index in [0.717, 1.165) is 12.1 Å². The van der Waals surface area contributed by atoms with E-state index in [2.05, 4.69) is 19.2 Å². The molecule has 7 heteroatoms. The first-order chi connectivity index (χ1) is 9.26. The van der Waals surface area contributed by atoms with E-state index in [1.54, 1.807) is 17.0 Å². The molecule has 114 valence electrons. The molecule has 0 spiro atoms. The lowest BCUT2D eigenvalue weighted by Crippen LogP contribution is -2.35. The Labute approximate surface area is 116 Å². The first-order valence-electron chi connectivity index (χ1n) is 6.45. The predicted molar refractivity (Wildman–Crippen MR) is 70.0 cm³/mol. The molecule has 0 atom stereocenters. The van der Waals surface area contributed by atoms with Gasteiger partial charge in [0.2, 0.25) is 5.91 Å². The van der Waals surface area contributed by atoms with Crippen LogP contribution in [0.5, 0.6) is 0 Å². The topological polar surface area (TPSA) is 46.1 Å². The summed E-state index contributed by atoms with van der Waals surface area (Å²) in [5.41, 5.74) is 0.995. The monoisotopic (exact) mass is 291 g/mol. The second kappa shape index (κ2) is 7.33. The largest absolute Gasteiger partial charge is 0.405 e. The van der Waals surface area contributed by atoms with Crippen LogP contribution >= 0.6 is 0 Å². The summed E-state index contributed by atoms with van der Waals surface area (Å²) in [5.74, 6) is -0.107. The van der Waals surface area contributed by atoms with Gasteiger partial charge in [0.1, 0.15) is 13.1 Å². The fourth-order valence-electron chi connectivity index (χ4n) is 1.62. The molecule has 0 saturated carbocycles. The molecule has 4 nitrogen and oxygen atoms in total. The van der Waals surface area contributed by atoms with E-state index < -0.39 is 18.6 Å². The maximum atomic E-state index is 11.9. The van der Waals surface area contributed by atoms with E-state index in [4.69, 9.17) is 0 Å². The van der Waals surface area contributed by atoms with Gasteiger partial charge in [-0.25, -0.2) is 0 Å². The summed E-state index contributed by atoms with van der Waals surface area (Å²) >= 11 is 0. The van der Waals surface area contributed by atoms with Crippen molar-refractivity contribution in [3.05, 3.63) is 24.0 Å². The number of amides is 1. The number of nitrogens with one attached hydrogen (secondary N) is 2. The van der Waals surface area contributed by atoms with Crippen molar-refractivity contribution in [1.82, 2.24) is 15.2 Å². The van der Waals surface area contributed by atoms with Gasteiger partial charge in [0.15, 0.2) is 0 Å². The van der Waals surface area contributed by atoms with Gasteiger partial charge in [-0.1, -0.05) is 13.8 Å². The molecule has 0 radical (unpaired) electrons. The van der Waals surface area contributed by atoms with E-state index >= 15 is 0 Å². The number of rotatable bonds is 7. The van der Waals surface area contributed by atoms with Crippen molar-refractivity contribution < 1.29 is 18.0 Å². The van der Waals surface area contributed by atoms with Crippen molar-refractivity contribution in [2.24, 2.45) is 5.92 Å². The first-order valence-corrected chi connectivity index (χ1v) is 6.45. The van der Waals surface area contributed by atoms with Crippen molar-refractivity contribution >= 4 is 5.91 Å². The molecule has 0 unspecified atom stereocenters. The van der Waals surface area contributed by atoms with E-state index in [9.17, 15) is 18.0 Å². The van der Waals surface area contributed by atoms with E-state index in [-0.39, 0.29) is 6.54 Å². The molecule has 0 saturated heterocycles. The summed E-state index contributed by atoms with van der Waals surface area (Å²) in [4.78, 5) is 11.3. The minimum Gasteiger partial charge on any atom is -0.345 e. The minimum absolute atomic E-state index is 0.111. The third kappa shape index (κ3) is 7.18. The highest BCUT2D eigenvalue weighted by atomic mass is 19.4. The van der Waals surface area contributed by atoms with Crippen molar-refractivity contribution in [1.29, 1.82) is 0 Å². The molecule has 1 heterocycles. The fraction of sp³-hybridized carbons (Fsp3) is 0.615. The fourth-order valence-corrected chi connectivity index (χ4v) is 1.62. The van der Waals surface area contributed by atoms with Gasteiger partial charge in [0.05, 0.1) is 0 Å². The van der Waals surface area contributed by atoms with Crippen LogP contribution in [0.2, 0.25) is 0 Å². The Kier molecular flexibility index (Phi) is 6.06. The molecular weight excluding hydrogens is 271 g/mol. The van der Waals surface area contributed by atoms with Crippen molar-refractivity contribution in [2.45, 2.75) is 33.1 Å². The number of halogens is 3. The van der Waals surface area contributed by atoms with Gasteiger partial charge >= 0.3 is 6.18 Å². The van der Waals surface area contributed by atoms with Gasteiger partial charge in [0, 0.05) is 18.9 Å². The average Bonchev–Trinajstić information content (AvgIpc) is 2.73. The number of nitrogens with zero attached hydrogens (tertiary/aromatic N) is 1. The molecule has 1 rings (SSSR count).